The number of nitriles is 2. The maximum atomic E-state index is 13.3. The molecule has 0 fully saturated rings. The summed E-state index contributed by atoms with van der Waals surface area (Å²) in [5.41, 5.74) is 7.07. The summed E-state index contributed by atoms with van der Waals surface area (Å²) in [6.45, 7) is 0. The molecule has 2 N–H and O–H groups in total. The number of rotatable bonds is 1. The summed E-state index contributed by atoms with van der Waals surface area (Å²) < 4.78 is 13.3. The van der Waals surface area contributed by atoms with Gasteiger partial charge in [-0.25, -0.2) is 4.39 Å². The minimum absolute atomic E-state index is 0.0447. The second kappa shape index (κ2) is 4.57. The Morgan fingerprint density at radius 1 is 0.944 bits per heavy atom. The summed E-state index contributed by atoms with van der Waals surface area (Å²) in [6.07, 6.45) is 0. The van der Waals surface area contributed by atoms with Gasteiger partial charge in [-0.1, -0.05) is 18.2 Å². The highest BCUT2D eigenvalue weighted by Crippen LogP contribution is 2.29. The third kappa shape index (κ3) is 1.88. The van der Waals surface area contributed by atoms with E-state index in [2.05, 4.69) is 0 Å². The fourth-order valence-electron chi connectivity index (χ4n) is 1.72. The number of hydrogen-bond acceptors (Lipinski definition) is 3. The quantitative estimate of drug-likeness (QED) is 0.775. The van der Waals surface area contributed by atoms with E-state index >= 15 is 0 Å². The molecule has 3 nitrogen and oxygen atoms in total. The molecule has 0 heterocycles. The van der Waals surface area contributed by atoms with Gasteiger partial charge in [0.25, 0.3) is 0 Å². The van der Waals surface area contributed by atoms with Crippen LogP contribution in [-0.2, 0) is 0 Å². The molecule has 0 amide bonds. The molecule has 0 unspecified atom stereocenters. The standard InChI is InChI=1S/C14H8FN3/c15-13-5-10(8-17)12(6-14(13)18)11-4-2-1-3-9(11)7-16/h1-6H,18H2. The highest BCUT2D eigenvalue weighted by molar-refractivity contribution is 5.78. The van der Waals surface area contributed by atoms with Crippen molar-refractivity contribution in [2.45, 2.75) is 0 Å². The molecule has 0 aromatic heterocycles. The second-order valence-electron chi connectivity index (χ2n) is 3.69. The van der Waals surface area contributed by atoms with Gasteiger partial charge in [-0.3, -0.25) is 0 Å². The highest BCUT2D eigenvalue weighted by Gasteiger charge is 2.12. The molecule has 86 valence electrons. The lowest BCUT2D eigenvalue weighted by Gasteiger charge is -2.08. The second-order valence-corrected chi connectivity index (χ2v) is 3.69. The van der Waals surface area contributed by atoms with Gasteiger partial charge >= 0.3 is 0 Å². The molecule has 0 saturated heterocycles. The number of hydrogen-bond donors (Lipinski definition) is 1. The number of benzene rings is 2. The van der Waals surface area contributed by atoms with Crippen LogP contribution in [0.25, 0.3) is 11.1 Å². The average Bonchev–Trinajstić information content (AvgIpc) is 2.41. The van der Waals surface area contributed by atoms with Gasteiger partial charge in [-0.2, -0.15) is 10.5 Å². The van der Waals surface area contributed by atoms with Crippen molar-refractivity contribution in [1.82, 2.24) is 0 Å². The first-order chi connectivity index (χ1) is 8.67. The number of nitrogen functional groups attached to an aromatic ring is 1. The molecule has 18 heavy (non-hydrogen) atoms. The van der Waals surface area contributed by atoms with Crippen LogP contribution in [0, 0.1) is 28.5 Å². The van der Waals surface area contributed by atoms with Crippen molar-refractivity contribution >= 4 is 5.69 Å². The minimum atomic E-state index is -0.635. The van der Waals surface area contributed by atoms with Crippen molar-refractivity contribution in [3.8, 4) is 23.3 Å². The van der Waals surface area contributed by atoms with Crippen molar-refractivity contribution in [3.05, 3.63) is 53.3 Å². The van der Waals surface area contributed by atoms with Crippen LogP contribution >= 0.6 is 0 Å². The molecule has 0 radical (unpaired) electrons. The lowest BCUT2D eigenvalue weighted by atomic mass is 9.95. The molecule has 2 aromatic carbocycles. The van der Waals surface area contributed by atoms with E-state index in [1.54, 1.807) is 24.3 Å². The van der Waals surface area contributed by atoms with Gasteiger partial charge in [-0.05, 0) is 18.2 Å². The van der Waals surface area contributed by atoms with Crippen LogP contribution in [-0.4, -0.2) is 0 Å². The average molecular weight is 237 g/mol. The Kier molecular flexibility index (Phi) is 2.95. The molecule has 0 saturated carbocycles. The van der Waals surface area contributed by atoms with E-state index < -0.39 is 5.82 Å². The van der Waals surface area contributed by atoms with E-state index in [1.807, 2.05) is 12.1 Å². The molecule has 0 spiro atoms. The molecular formula is C14H8FN3. The third-order valence-electron chi connectivity index (χ3n) is 2.59. The van der Waals surface area contributed by atoms with Crippen molar-refractivity contribution in [3.63, 3.8) is 0 Å². The van der Waals surface area contributed by atoms with Gasteiger partial charge in [-0.15, -0.1) is 0 Å². The molecule has 0 bridgehead atoms. The Bertz CT molecular complexity index is 693. The fourth-order valence-corrected chi connectivity index (χ4v) is 1.72. The van der Waals surface area contributed by atoms with E-state index in [-0.39, 0.29) is 11.3 Å². The Morgan fingerprint density at radius 3 is 2.28 bits per heavy atom. The van der Waals surface area contributed by atoms with E-state index in [9.17, 15) is 4.39 Å². The van der Waals surface area contributed by atoms with Gasteiger partial charge in [0.15, 0.2) is 0 Å². The predicted octanol–water partition coefficient (Wildman–Crippen LogP) is 2.82. The Labute approximate surface area is 104 Å². The summed E-state index contributed by atoms with van der Waals surface area (Å²) in [5.74, 6) is -0.635. The Balaban J connectivity index is 2.76. The van der Waals surface area contributed by atoms with Crippen LogP contribution in [0.5, 0.6) is 0 Å². The topological polar surface area (TPSA) is 73.6 Å². The smallest absolute Gasteiger partial charge is 0.147 e. The first-order valence-corrected chi connectivity index (χ1v) is 5.16. The number of halogens is 1. The van der Waals surface area contributed by atoms with Crippen LogP contribution in [0.4, 0.5) is 10.1 Å². The summed E-state index contributed by atoms with van der Waals surface area (Å²) in [5, 5.41) is 18.0. The normalized spacial score (nSPS) is 9.50. The van der Waals surface area contributed by atoms with Crippen molar-refractivity contribution < 1.29 is 4.39 Å². The zero-order chi connectivity index (χ0) is 13.1. The third-order valence-corrected chi connectivity index (χ3v) is 2.59. The largest absolute Gasteiger partial charge is 0.396 e. The maximum Gasteiger partial charge on any atom is 0.147 e. The number of nitrogens with two attached hydrogens (primary N) is 1. The first-order valence-electron chi connectivity index (χ1n) is 5.16. The molecule has 2 rings (SSSR count). The van der Waals surface area contributed by atoms with E-state index in [0.29, 0.717) is 16.7 Å². The lowest BCUT2D eigenvalue weighted by molar-refractivity contribution is 0.632. The monoisotopic (exact) mass is 237 g/mol. The first kappa shape index (κ1) is 11.6. The van der Waals surface area contributed by atoms with Crippen LogP contribution in [0.1, 0.15) is 11.1 Å². The predicted molar refractivity (Wildman–Crippen MR) is 65.7 cm³/mol. The molecule has 0 atom stereocenters. The highest BCUT2D eigenvalue weighted by atomic mass is 19.1. The van der Waals surface area contributed by atoms with Gasteiger partial charge in [0, 0.05) is 11.1 Å². The molecule has 0 aliphatic carbocycles. The van der Waals surface area contributed by atoms with Crippen molar-refractivity contribution in [1.29, 1.82) is 10.5 Å². The summed E-state index contributed by atoms with van der Waals surface area (Å²) in [4.78, 5) is 0. The van der Waals surface area contributed by atoms with Crippen LogP contribution in [0.15, 0.2) is 36.4 Å². The Hall–Kier alpha value is -2.85. The molecule has 2 aromatic rings. The van der Waals surface area contributed by atoms with Gasteiger partial charge in [0.2, 0.25) is 0 Å². The fraction of sp³-hybridized carbons (Fsp3) is 0. The summed E-state index contributed by atoms with van der Waals surface area (Å²) in [7, 11) is 0. The van der Waals surface area contributed by atoms with Gasteiger partial charge in [0.05, 0.1) is 29.0 Å². The molecule has 4 heteroatoms. The number of anilines is 1. The Morgan fingerprint density at radius 2 is 1.61 bits per heavy atom. The van der Waals surface area contributed by atoms with Gasteiger partial charge in [0.1, 0.15) is 5.82 Å². The lowest BCUT2D eigenvalue weighted by Crippen LogP contribution is -1.95. The zero-order valence-corrected chi connectivity index (χ0v) is 9.31. The molecule has 0 aliphatic heterocycles. The molecule has 0 aliphatic rings. The van der Waals surface area contributed by atoms with Crippen LogP contribution < -0.4 is 5.73 Å². The van der Waals surface area contributed by atoms with E-state index in [0.717, 1.165) is 6.07 Å². The van der Waals surface area contributed by atoms with Gasteiger partial charge < -0.3 is 5.73 Å². The zero-order valence-electron chi connectivity index (χ0n) is 9.31. The van der Waals surface area contributed by atoms with Crippen molar-refractivity contribution in [2.75, 3.05) is 5.73 Å². The SMILES string of the molecule is N#Cc1ccccc1-c1cc(N)c(F)cc1C#N. The summed E-state index contributed by atoms with van der Waals surface area (Å²) in [6, 6.07) is 13.2. The van der Waals surface area contributed by atoms with E-state index in [1.165, 1.54) is 6.07 Å². The minimum Gasteiger partial charge on any atom is -0.396 e. The summed E-state index contributed by atoms with van der Waals surface area (Å²) >= 11 is 0. The van der Waals surface area contributed by atoms with Crippen LogP contribution in [0.2, 0.25) is 0 Å². The number of nitrogens with zero attached hydrogens (tertiary/aromatic N) is 2. The van der Waals surface area contributed by atoms with Crippen LogP contribution in [0.3, 0.4) is 0 Å². The molecular weight excluding hydrogens is 229 g/mol. The maximum absolute atomic E-state index is 13.3. The van der Waals surface area contributed by atoms with Crippen molar-refractivity contribution in [2.24, 2.45) is 0 Å². The van der Waals surface area contributed by atoms with E-state index in [4.69, 9.17) is 16.3 Å².